The van der Waals surface area contributed by atoms with Gasteiger partial charge in [0.1, 0.15) is 12.1 Å². The van der Waals surface area contributed by atoms with Crippen molar-refractivity contribution in [2.75, 3.05) is 12.0 Å². The molecule has 1 aromatic rings. The molecule has 34 heavy (non-hydrogen) atoms. The summed E-state index contributed by atoms with van der Waals surface area (Å²) in [5.74, 6) is -4.15. The van der Waals surface area contributed by atoms with E-state index in [1.54, 1.807) is 6.26 Å². The molecule has 5 atom stereocenters. The number of carbonyl (C=O) groups is 5. The van der Waals surface area contributed by atoms with E-state index in [9.17, 15) is 34.2 Å². The number of nitrogens with two attached hydrogens (primary N) is 2. The van der Waals surface area contributed by atoms with Gasteiger partial charge < -0.3 is 42.6 Å². The van der Waals surface area contributed by atoms with Gasteiger partial charge in [-0.3, -0.25) is 19.2 Å². The van der Waals surface area contributed by atoms with Gasteiger partial charge in [-0.05, 0) is 25.4 Å². The number of nitrogens with zero attached hydrogens (tertiary/aromatic N) is 1. The van der Waals surface area contributed by atoms with Crippen molar-refractivity contribution in [1.29, 1.82) is 0 Å². The van der Waals surface area contributed by atoms with E-state index in [4.69, 9.17) is 11.5 Å². The monoisotopic (exact) mass is 501 g/mol. The van der Waals surface area contributed by atoms with Gasteiger partial charge in [-0.1, -0.05) is 0 Å². The van der Waals surface area contributed by atoms with Crippen molar-refractivity contribution in [2.45, 2.75) is 56.5 Å². The van der Waals surface area contributed by atoms with Crippen LogP contribution in [0.25, 0.3) is 0 Å². The molecule has 15 heteroatoms. The Bertz CT molecular complexity index is 850. The number of hydrogen-bond donors (Lipinski definition) is 8. The molecular formula is C19H31N7O7S. The first-order chi connectivity index (χ1) is 16.0. The molecule has 14 nitrogen and oxygen atoms in total. The Labute approximate surface area is 200 Å². The number of aromatic amines is 1. The first kappa shape index (κ1) is 28.9. The molecule has 4 amide bonds. The Balaban J connectivity index is 3.03. The second-order valence-electron chi connectivity index (χ2n) is 7.53. The van der Waals surface area contributed by atoms with Crippen LogP contribution < -0.4 is 27.4 Å². The summed E-state index contributed by atoms with van der Waals surface area (Å²) in [5.41, 5.74) is 11.2. The molecule has 0 aromatic carbocycles. The van der Waals surface area contributed by atoms with E-state index in [1.165, 1.54) is 31.2 Å². The number of imidazole rings is 1. The summed E-state index contributed by atoms with van der Waals surface area (Å²) in [6.45, 7) is 1.21. The van der Waals surface area contributed by atoms with Gasteiger partial charge in [-0.25, -0.2) is 9.78 Å². The van der Waals surface area contributed by atoms with Gasteiger partial charge >= 0.3 is 5.97 Å². The lowest BCUT2D eigenvalue weighted by atomic mass is 10.1. The van der Waals surface area contributed by atoms with E-state index in [2.05, 4.69) is 25.9 Å². The summed E-state index contributed by atoms with van der Waals surface area (Å²) in [5, 5.41) is 26.0. The SMILES string of the molecule is CSCCC(NC(=O)C(Cc1cnc[nH]1)NC(=O)C(N)CC(N)=O)C(=O)NC(C(=O)O)C(C)O. The number of thioether (sulfide) groups is 1. The molecule has 190 valence electrons. The smallest absolute Gasteiger partial charge is 0.328 e. The fourth-order valence-electron chi connectivity index (χ4n) is 2.83. The molecule has 10 N–H and O–H groups in total. The van der Waals surface area contributed by atoms with Gasteiger partial charge in [0.2, 0.25) is 23.6 Å². The Kier molecular flexibility index (Phi) is 12.0. The average molecular weight is 502 g/mol. The van der Waals surface area contributed by atoms with Gasteiger partial charge in [0, 0.05) is 18.3 Å². The molecule has 0 aliphatic rings. The summed E-state index contributed by atoms with van der Waals surface area (Å²) in [4.78, 5) is 67.2. The Morgan fingerprint density at radius 1 is 1.12 bits per heavy atom. The molecule has 1 rings (SSSR count). The van der Waals surface area contributed by atoms with Crippen LogP contribution in [-0.4, -0.2) is 92.1 Å². The van der Waals surface area contributed by atoms with Gasteiger partial charge in [-0.15, -0.1) is 0 Å². The maximum absolute atomic E-state index is 13.0. The topological polar surface area (TPSA) is 243 Å². The lowest BCUT2D eigenvalue weighted by Crippen LogP contribution is -2.59. The van der Waals surface area contributed by atoms with E-state index in [1.807, 2.05) is 0 Å². The quantitative estimate of drug-likeness (QED) is 0.120. The number of primary amides is 1. The molecule has 0 radical (unpaired) electrons. The maximum atomic E-state index is 13.0. The van der Waals surface area contributed by atoms with Crippen LogP contribution in [0.3, 0.4) is 0 Å². The number of H-pyrrole nitrogens is 1. The Hall–Kier alpha value is -3.17. The molecular weight excluding hydrogens is 470 g/mol. The van der Waals surface area contributed by atoms with Crippen LogP contribution in [0.15, 0.2) is 12.5 Å². The largest absolute Gasteiger partial charge is 0.480 e. The molecule has 1 heterocycles. The van der Waals surface area contributed by atoms with Crippen molar-refractivity contribution in [2.24, 2.45) is 11.5 Å². The van der Waals surface area contributed by atoms with Crippen molar-refractivity contribution in [3.05, 3.63) is 18.2 Å². The highest BCUT2D eigenvalue weighted by Gasteiger charge is 2.32. The predicted octanol–water partition coefficient (Wildman–Crippen LogP) is -3.17. The third-order valence-electron chi connectivity index (χ3n) is 4.66. The average Bonchev–Trinajstić information content (AvgIpc) is 3.26. The third-order valence-corrected chi connectivity index (χ3v) is 5.30. The van der Waals surface area contributed by atoms with Gasteiger partial charge in [0.15, 0.2) is 6.04 Å². The van der Waals surface area contributed by atoms with Crippen LogP contribution in [0, 0.1) is 0 Å². The Morgan fingerprint density at radius 3 is 2.24 bits per heavy atom. The number of nitrogens with one attached hydrogen (secondary N) is 4. The number of rotatable bonds is 15. The molecule has 0 bridgehead atoms. The van der Waals surface area contributed by atoms with E-state index in [-0.39, 0.29) is 12.8 Å². The highest BCUT2D eigenvalue weighted by Crippen LogP contribution is 2.06. The van der Waals surface area contributed by atoms with Gasteiger partial charge in [0.25, 0.3) is 0 Å². The number of carboxylic acids is 1. The van der Waals surface area contributed by atoms with Crippen molar-refractivity contribution < 1.29 is 34.2 Å². The van der Waals surface area contributed by atoms with Crippen molar-refractivity contribution in [3.63, 3.8) is 0 Å². The van der Waals surface area contributed by atoms with E-state index in [0.29, 0.717) is 11.4 Å². The number of aliphatic hydroxyl groups excluding tert-OH is 1. The van der Waals surface area contributed by atoms with Gasteiger partial charge in [-0.2, -0.15) is 11.8 Å². The summed E-state index contributed by atoms with van der Waals surface area (Å²) in [7, 11) is 0. The number of amides is 4. The number of aromatic nitrogens is 2. The number of carboxylic acid groups (broad SMARTS) is 1. The fourth-order valence-corrected chi connectivity index (χ4v) is 3.30. The fraction of sp³-hybridized carbons (Fsp3) is 0.579. The van der Waals surface area contributed by atoms with Crippen molar-refractivity contribution in [1.82, 2.24) is 25.9 Å². The lowest BCUT2D eigenvalue weighted by Gasteiger charge is -2.25. The molecule has 0 spiro atoms. The number of aliphatic carboxylic acids is 1. The molecule has 0 saturated carbocycles. The second kappa shape index (κ2) is 14.2. The van der Waals surface area contributed by atoms with Crippen LogP contribution in [-0.2, 0) is 30.4 Å². The van der Waals surface area contributed by atoms with Crippen LogP contribution in [0.2, 0.25) is 0 Å². The molecule has 0 aliphatic carbocycles. The summed E-state index contributed by atoms with van der Waals surface area (Å²) in [6.07, 6.45) is 2.90. The zero-order valence-corrected chi connectivity index (χ0v) is 19.6. The lowest BCUT2D eigenvalue weighted by molar-refractivity contribution is -0.145. The number of hydrogen-bond acceptors (Lipinski definition) is 9. The minimum absolute atomic E-state index is 0.0385. The first-order valence-corrected chi connectivity index (χ1v) is 11.7. The van der Waals surface area contributed by atoms with Crippen molar-refractivity contribution in [3.8, 4) is 0 Å². The van der Waals surface area contributed by atoms with Crippen molar-refractivity contribution >= 4 is 41.4 Å². The molecule has 0 aliphatic heterocycles. The van der Waals surface area contributed by atoms with Crippen LogP contribution in [0.1, 0.15) is 25.5 Å². The second-order valence-corrected chi connectivity index (χ2v) is 8.51. The summed E-state index contributed by atoms with van der Waals surface area (Å²) in [6, 6.07) is -5.22. The van der Waals surface area contributed by atoms with E-state index >= 15 is 0 Å². The first-order valence-electron chi connectivity index (χ1n) is 10.3. The zero-order chi connectivity index (χ0) is 25.8. The minimum Gasteiger partial charge on any atom is -0.480 e. The highest BCUT2D eigenvalue weighted by molar-refractivity contribution is 7.98. The third kappa shape index (κ3) is 9.76. The van der Waals surface area contributed by atoms with E-state index < -0.39 is 66.3 Å². The molecule has 0 saturated heterocycles. The molecule has 0 fully saturated rings. The van der Waals surface area contributed by atoms with Crippen LogP contribution in [0.5, 0.6) is 0 Å². The minimum atomic E-state index is -1.58. The molecule has 1 aromatic heterocycles. The van der Waals surface area contributed by atoms with Crippen LogP contribution in [0.4, 0.5) is 0 Å². The zero-order valence-electron chi connectivity index (χ0n) is 18.8. The van der Waals surface area contributed by atoms with Crippen LogP contribution >= 0.6 is 11.8 Å². The van der Waals surface area contributed by atoms with E-state index in [0.717, 1.165) is 0 Å². The van der Waals surface area contributed by atoms with Gasteiger partial charge in [0.05, 0.1) is 24.9 Å². The maximum Gasteiger partial charge on any atom is 0.328 e. The molecule has 5 unspecified atom stereocenters. The summed E-state index contributed by atoms with van der Waals surface area (Å²) >= 11 is 1.40. The standard InChI is InChI=1S/C19H31N7O7S/c1-9(27)15(19(32)33)26-17(30)12(3-4-34-2)24-18(31)13(5-10-7-22-8-23-10)25-16(29)11(20)6-14(21)28/h7-9,11-13,15,27H,3-6,20H2,1-2H3,(H2,21,28)(H,22,23)(H,24,31)(H,25,29)(H,26,30)(H,32,33). The summed E-state index contributed by atoms with van der Waals surface area (Å²) < 4.78 is 0. The number of aliphatic hydroxyl groups is 1. The normalized spacial score (nSPS) is 15.3. The predicted molar refractivity (Wildman–Crippen MR) is 122 cm³/mol. The number of carbonyl (C=O) groups excluding carboxylic acids is 4. The Morgan fingerprint density at radius 2 is 1.74 bits per heavy atom. The highest BCUT2D eigenvalue weighted by atomic mass is 32.2.